The number of hydrogen-bond acceptors (Lipinski definition) is 4. The van der Waals surface area contributed by atoms with Crippen LogP contribution in [0.3, 0.4) is 0 Å². The molecule has 1 aliphatic rings. The van der Waals surface area contributed by atoms with Crippen molar-refractivity contribution in [2.24, 2.45) is 0 Å². The first-order valence-electron chi connectivity index (χ1n) is 8.96. The van der Waals surface area contributed by atoms with Gasteiger partial charge in [-0.3, -0.25) is 10.0 Å². The summed E-state index contributed by atoms with van der Waals surface area (Å²) in [5, 5.41) is 8.50. The van der Waals surface area contributed by atoms with E-state index >= 15 is 0 Å². The maximum Gasteiger partial charge on any atom is 0.416 e. The molecular formula is C20H19F3N2O4S. The number of amides is 1. The average molecular weight is 440 g/mol. The highest BCUT2D eigenvalue weighted by Gasteiger charge is 2.33. The fraction of sp³-hybridized carbons (Fsp3) is 0.250. The van der Waals surface area contributed by atoms with Crippen LogP contribution in [-0.2, 0) is 27.4 Å². The number of hydroxylamine groups is 1. The van der Waals surface area contributed by atoms with E-state index < -0.39 is 38.6 Å². The first kappa shape index (κ1) is 22.0. The Bertz CT molecular complexity index is 1110. The third-order valence-corrected chi connectivity index (χ3v) is 6.22. The van der Waals surface area contributed by atoms with E-state index in [0.717, 1.165) is 23.3 Å². The van der Waals surface area contributed by atoms with Crippen LogP contribution in [-0.4, -0.2) is 19.5 Å². The van der Waals surface area contributed by atoms with E-state index in [-0.39, 0.29) is 5.56 Å². The van der Waals surface area contributed by atoms with Crippen LogP contribution in [0.5, 0.6) is 0 Å². The highest BCUT2D eigenvalue weighted by Crippen LogP contribution is 2.35. The van der Waals surface area contributed by atoms with Crippen molar-refractivity contribution in [2.45, 2.75) is 36.9 Å². The highest BCUT2D eigenvalue weighted by molar-refractivity contribution is 7.89. The van der Waals surface area contributed by atoms with E-state index in [4.69, 9.17) is 5.21 Å². The molecule has 0 saturated carbocycles. The van der Waals surface area contributed by atoms with E-state index in [2.05, 4.69) is 4.72 Å². The lowest BCUT2D eigenvalue weighted by Gasteiger charge is -2.16. The van der Waals surface area contributed by atoms with Crippen LogP contribution >= 0.6 is 0 Å². The molecule has 1 atom stereocenters. The molecule has 3 N–H and O–H groups in total. The topological polar surface area (TPSA) is 95.5 Å². The minimum atomic E-state index is -4.65. The zero-order chi connectivity index (χ0) is 22.1. The maximum atomic E-state index is 13.1. The Morgan fingerprint density at radius 3 is 2.60 bits per heavy atom. The fourth-order valence-corrected chi connectivity index (χ4v) is 4.77. The Labute approximate surface area is 171 Å². The number of rotatable bonds is 5. The number of aryl methyl sites for hydroxylation is 2. The van der Waals surface area contributed by atoms with Gasteiger partial charge in [0.15, 0.2) is 0 Å². The van der Waals surface area contributed by atoms with Crippen LogP contribution < -0.4 is 10.2 Å². The molecule has 0 fully saturated rings. The van der Waals surface area contributed by atoms with Crippen molar-refractivity contribution >= 4 is 22.0 Å². The molecule has 2 aromatic carbocycles. The monoisotopic (exact) mass is 440 g/mol. The molecule has 1 unspecified atom stereocenters. The number of fused-ring (bicyclic) bond motifs is 1. The first-order chi connectivity index (χ1) is 14.0. The molecule has 2 aromatic rings. The summed E-state index contributed by atoms with van der Waals surface area (Å²) in [6.07, 6.45) is -0.983. The molecule has 0 radical (unpaired) electrons. The van der Waals surface area contributed by atoms with E-state index in [1.165, 1.54) is 24.5 Å². The van der Waals surface area contributed by atoms with Crippen LogP contribution in [0.4, 0.5) is 13.2 Å². The summed E-state index contributed by atoms with van der Waals surface area (Å²) in [5.41, 5.74) is 2.95. The highest BCUT2D eigenvalue weighted by atomic mass is 32.2. The van der Waals surface area contributed by atoms with Gasteiger partial charge in [0.25, 0.3) is 5.91 Å². The standard InChI is InChI=1S/C20H19F3N2O4S/c1-12-8-15(20(21,22)23)11-16(9-12)30(28,29)25-18-6-4-14-10-13(2-5-17(14)18)3-7-19(26)24-27/h2-3,5,7-11,18,25,27H,4,6H2,1H3,(H,24,26)/b7-3+. The molecule has 0 saturated heterocycles. The molecule has 0 aromatic heterocycles. The van der Waals surface area contributed by atoms with Crippen molar-refractivity contribution in [3.63, 3.8) is 0 Å². The predicted octanol–water partition coefficient (Wildman–Crippen LogP) is 3.50. The average Bonchev–Trinajstić information content (AvgIpc) is 3.06. The van der Waals surface area contributed by atoms with E-state index in [0.29, 0.717) is 24.5 Å². The van der Waals surface area contributed by atoms with Crippen LogP contribution in [0.15, 0.2) is 47.4 Å². The zero-order valence-corrected chi connectivity index (χ0v) is 16.6. The van der Waals surface area contributed by atoms with E-state index in [1.54, 1.807) is 18.2 Å². The van der Waals surface area contributed by atoms with Crippen molar-refractivity contribution in [2.75, 3.05) is 0 Å². The number of halogens is 3. The molecule has 10 heteroatoms. The Morgan fingerprint density at radius 1 is 1.20 bits per heavy atom. The molecule has 30 heavy (non-hydrogen) atoms. The van der Waals surface area contributed by atoms with Gasteiger partial charge in [0.05, 0.1) is 10.5 Å². The third-order valence-electron chi connectivity index (χ3n) is 4.77. The minimum Gasteiger partial charge on any atom is -0.288 e. The number of benzene rings is 2. The number of alkyl halides is 3. The number of sulfonamides is 1. The molecule has 160 valence electrons. The summed E-state index contributed by atoms with van der Waals surface area (Å²) < 4.78 is 67.2. The van der Waals surface area contributed by atoms with Crippen LogP contribution in [0.1, 0.15) is 40.3 Å². The first-order valence-corrected chi connectivity index (χ1v) is 10.4. The molecular weight excluding hydrogens is 421 g/mol. The molecule has 1 aliphatic carbocycles. The number of hydrogen-bond donors (Lipinski definition) is 3. The molecule has 6 nitrogen and oxygen atoms in total. The number of carbonyl (C=O) groups excluding carboxylic acids is 1. The summed E-state index contributed by atoms with van der Waals surface area (Å²) in [5.74, 6) is -0.683. The fourth-order valence-electron chi connectivity index (χ4n) is 3.39. The summed E-state index contributed by atoms with van der Waals surface area (Å²) in [6, 6.07) is 7.34. The van der Waals surface area contributed by atoms with E-state index in [1.807, 2.05) is 0 Å². The maximum absolute atomic E-state index is 13.1. The second kappa shape index (κ2) is 8.21. The molecule has 0 heterocycles. The number of carbonyl (C=O) groups is 1. The largest absolute Gasteiger partial charge is 0.416 e. The summed E-state index contributed by atoms with van der Waals surface area (Å²) >= 11 is 0. The van der Waals surface area contributed by atoms with Crippen molar-refractivity contribution in [1.82, 2.24) is 10.2 Å². The van der Waals surface area contributed by atoms with Gasteiger partial charge in [0.2, 0.25) is 10.0 Å². The van der Waals surface area contributed by atoms with Gasteiger partial charge in [0.1, 0.15) is 0 Å². The minimum absolute atomic E-state index is 0.195. The summed E-state index contributed by atoms with van der Waals surface area (Å²) in [4.78, 5) is 10.6. The second-order valence-electron chi connectivity index (χ2n) is 7.01. The predicted molar refractivity (Wildman–Crippen MR) is 103 cm³/mol. The van der Waals surface area contributed by atoms with Gasteiger partial charge in [0, 0.05) is 12.1 Å². The molecule has 3 rings (SSSR count). The van der Waals surface area contributed by atoms with Crippen LogP contribution in [0.25, 0.3) is 6.08 Å². The van der Waals surface area contributed by atoms with Gasteiger partial charge < -0.3 is 0 Å². The van der Waals surface area contributed by atoms with Crippen molar-refractivity contribution in [3.05, 3.63) is 70.3 Å². The smallest absolute Gasteiger partial charge is 0.288 e. The van der Waals surface area contributed by atoms with Crippen molar-refractivity contribution in [3.8, 4) is 0 Å². The van der Waals surface area contributed by atoms with Gasteiger partial charge >= 0.3 is 6.18 Å². The number of nitrogens with one attached hydrogen (secondary N) is 2. The van der Waals surface area contributed by atoms with Gasteiger partial charge in [-0.15, -0.1) is 0 Å². The molecule has 0 aliphatic heterocycles. The summed E-state index contributed by atoms with van der Waals surface area (Å²) in [6.45, 7) is 1.41. The van der Waals surface area contributed by atoms with Crippen LogP contribution in [0, 0.1) is 6.92 Å². The Morgan fingerprint density at radius 2 is 1.93 bits per heavy atom. The van der Waals surface area contributed by atoms with Crippen molar-refractivity contribution in [1.29, 1.82) is 0 Å². The zero-order valence-electron chi connectivity index (χ0n) is 15.8. The molecule has 1 amide bonds. The lowest BCUT2D eigenvalue weighted by atomic mass is 10.0. The molecule has 0 spiro atoms. The quantitative estimate of drug-likeness (QED) is 0.377. The van der Waals surface area contributed by atoms with Crippen molar-refractivity contribution < 1.29 is 31.6 Å². The normalized spacial score (nSPS) is 16.6. The third kappa shape index (κ3) is 4.89. The Kier molecular flexibility index (Phi) is 6.02. The Hall–Kier alpha value is -2.69. The lowest BCUT2D eigenvalue weighted by molar-refractivity contribution is -0.137. The second-order valence-corrected chi connectivity index (χ2v) is 8.73. The van der Waals surface area contributed by atoms with Gasteiger partial charge in [-0.05, 0) is 66.3 Å². The lowest BCUT2D eigenvalue weighted by Crippen LogP contribution is -2.27. The molecule has 0 bridgehead atoms. The summed E-state index contributed by atoms with van der Waals surface area (Å²) in [7, 11) is -4.17. The van der Waals surface area contributed by atoms with E-state index in [9.17, 15) is 26.4 Å². The SMILES string of the molecule is Cc1cc(C(F)(F)F)cc(S(=O)(=O)NC2CCc3cc(/C=C/C(=O)NO)ccc32)c1. The van der Waals surface area contributed by atoms with Gasteiger partial charge in [-0.2, -0.15) is 13.2 Å². The van der Waals surface area contributed by atoms with Gasteiger partial charge in [-0.1, -0.05) is 18.2 Å². The Balaban J connectivity index is 1.84. The van der Waals surface area contributed by atoms with Crippen LogP contribution in [0.2, 0.25) is 0 Å². The van der Waals surface area contributed by atoms with Gasteiger partial charge in [-0.25, -0.2) is 18.6 Å².